The SMILES string of the molecule is CCN1CCN(c2ccc(C(=O)Nc3ccc(C#N)cc3)nn2)CC1. The number of anilines is 2. The molecule has 1 aromatic carbocycles. The molecule has 25 heavy (non-hydrogen) atoms. The number of nitriles is 1. The minimum absolute atomic E-state index is 0.264. The number of aromatic nitrogens is 2. The van der Waals surface area contributed by atoms with E-state index in [1.54, 1.807) is 30.3 Å². The second-order valence-corrected chi connectivity index (χ2v) is 5.84. The van der Waals surface area contributed by atoms with Crippen LogP contribution in [0.15, 0.2) is 36.4 Å². The molecule has 1 aromatic heterocycles. The van der Waals surface area contributed by atoms with Crippen LogP contribution in [0.5, 0.6) is 0 Å². The van der Waals surface area contributed by atoms with Crippen LogP contribution in [0, 0.1) is 11.3 Å². The first-order valence-corrected chi connectivity index (χ1v) is 8.32. The van der Waals surface area contributed by atoms with Crippen molar-refractivity contribution in [2.45, 2.75) is 6.92 Å². The molecule has 0 aliphatic carbocycles. The van der Waals surface area contributed by atoms with E-state index in [9.17, 15) is 4.79 Å². The summed E-state index contributed by atoms with van der Waals surface area (Å²) in [5, 5.41) is 19.8. The Bertz CT molecular complexity index is 758. The van der Waals surface area contributed by atoms with Crippen LogP contribution in [-0.4, -0.2) is 53.7 Å². The first-order valence-electron chi connectivity index (χ1n) is 8.32. The van der Waals surface area contributed by atoms with Gasteiger partial charge in [0.25, 0.3) is 5.91 Å². The van der Waals surface area contributed by atoms with Gasteiger partial charge in [0.05, 0.1) is 11.6 Å². The average Bonchev–Trinajstić information content (AvgIpc) is 2.69. The number of nitrogens with zero attached hydrogens (tertiary/aromatic N) is 5. The van der Waals surface area contributed by atoms with Gasteiger partial charge < -0.3 is 15.1 Å². The molecule has 0 unspecified atom stereocenters. The highest BCUT2D eigenvalue weighted by Gasteiger charge is 2.17. The number of likely N-dealkylation sites (N-methyl/N-ethyl adjacent to an activating group) is 1. The predicted molar refractivity (Wildman–Crippen MR) is 95.5 cm³/mol. The monoisotopic (exact) mass is 336 g/mol. The smallest absolute Gasteiger partial charge is 0.276 e. The summed E-state index contributed by atoms with van der Waals surface area (Å²) >= 11 is 0. The van der Waals surface area contributed by atoms with Crippen molar-refractivity contribution < 1.29 is 4.79 Å². The maximum Gasteiger partial charge on any atom is 0.276 e. The van der Waals surface area contributed by atoms with Crippen molar-refractivity contribution in [1.29, 1.82) is 5.26 Å². The van der Waals surface area contributed by atoms with E-state index in [2.05, 4.69) is 32.2 Å². The standard InChI is InChI=1S/C18H20N6O/c1-2-23-9-11-24(12-10-23)17-8-7-16(21-22-17)18(25)20-15-5-3-14(13-19)4-6-15/h3-8H,2,9-12H2,1H3,(H,20,25). The van der Waals surface area contributed by atoms with E-state index in [1.165, 1.54) is 0 Å². The Morgan fingerprint density at radius 1 is 1.12 bits per heavy atom. The van der Waals surface area contributed by atoms with E-state index in [0.29, 0.717) is 11.3 Å². The molecular formula is C18H20N6O. The lowest BCUT2D eigenvalue weighted by atomic mass is 10.2. The number of benzene rings is 1. The van der Waals surface area contributed by atoms with Gasteiger partial charge in [-0.2, -0.15) is 5.26 Å². The molecule has 7 nitrogen and oxygen atoms in total. The lowest BCUT2D eigenvalue weighted by Gasteiger charge is -2.34. The van der Waals surface area contributed by atoms with Gasteiger partial charge in [-0.25, -0.2) is 0 Å². The van der Waals surface area contributed by atoms with Gasteiger partial charge in [-0.1, -0.05) is 6.92 Å². The van der Waals surface area contributed by atoms with E-state index in [0.717, 1.165) is 38.5 Å². The number of hydrogen-bond donors (Lipinski definition) is 1. The van der Waals surface area contributed by atoms with E-state index < -0.39 is 0 Å². The third kappa shape index (κ3) is 4.11. The maximum atomic E-state index is 12.2. The molecular weight excluding hydrogens is 316 g/mol. The fourth-order valence-corrected chi connectivity index (χ4v) is 2.73. The lowest BCUT2D eigenvalue weighted by Crippen LogP contribution is -2.46. The lowest BCUT2D eigenvalue weighted by molar-refractivity contribution is 0.102. The fourth-order valence-electron chi connectivity index (χ4n) is 2.73. The van der Waals surface area contributed by atoms with E-state index in [4.69, 9.17) is 5.26 Å². The van der Waals surface area contributed by atoms with Gasteiger partial charge >= 0.3 is 0 Å². The van der Waals surface area contributed by atoms with Gasteiger partial charge in [-0.3, -0.25) is 4.79 Å². The molecule has 1 N–H and O–H groups in total. The molecule has 0 atom stereocenters. The highest BCUT2D eigenvalue weighted by molar-refractivity contribution is 6.02. The zero-order chi connectivity index (χ0) is 17.6. The topological polar surface area (TPSA) is 85.1 Å². The number of piperazine rings is 1. The van der Waals surface area contributed by atoms with Gasteiger partial charge in [0, 0.05) is 31.9 Å². The number of amides is 1. The summed E-state index contributed by atoms with van der Waals surface area (Å²) in [7, 11) is 0. The highest BCUT2D eigenvalue weighted by Crippen LogP contribution is 2.14. The summed E-state index contributed by atoms with van der Waals surface area (Å²) < 4.78 is 0. The van der Waals surface area contributed by atoms with Crippen LogP contribution in [0.25, 0.3) is 0 Å². The van der Waals surface area contributed by atoms with Gasteiger partial charge in [0.2, 0.25) is 0 Å². The zero-order valence-corrected chi connectivity index (χ0v) is 14.1. The predicted octanol–water partition coefficient (Wildman–Crippen LogP) is 1.74. The molecule has 1 aliphatic heterocycles. The molecule has 0 bridgehead atoms. The summed E-state index contributed by atoms with van der Waals surface area (Å²) in [5.74, 6) is 0.477. The Labute approximate surface area is 146 Å². The van der Waals surface area contributed by atoms with Crippen molar-refractivity contribution >= 4 is 17.4 Å². The van der Waals surface area contributed by atoms with Crippen LogP contribution < -0.4 is 10.2 Å². The van der Waals surface area contributed by atoms with Crippen LogP contribution >= 0.6 is 0 Å². The Hall–Kier alpha value is -2.98. The summed E-state index contributed by atoms with van der Waals surface area (Å²) in [6.45, 7) is 7.08. The van der Waals surface area contributed by atoms with Crippen molar-refractivity contribution in [3.8, 4) is 6.07 Å². The Morgan fingerprint density at radius 2 is 1.84 bits per heavy atom. The normalized spacial score (nSPS) is 14.8. The van der Waals surface area contributed by atoms with Gasteiger partial charge in [0.1, 0.15) is 0 Å². The van der Waals surface area contributed by atoms with Crippen molar-refractivity contribution in [3.63, 3.8) is 0 Å². The molecule has 1 amide bonds. The molecule has 7 heteroatoms. The van der Waals surface area contributed by atoms with Crippen LogP contribution in [0.3, 0.4) is 0 Å². The minimum atomic E-state index is -0.320. The Morgan fingerprint density at radius 3 is 2.40 bits per heavy atom. The molecule has 1 aliphatic rings. The number of carbonyl (C=O) groups excluding carboxylic acids is 1. The third-order valence-electron chi connectivity index (χ3n) is 4.30. The quantitative estimate of drug-likeness (QED) is 0.915. The summed E-state index contributed by atoms with van der Waals surface area (Å²) in [6.07, 6.45) is 0. The molecule has 0 spiro atoms. The maximum absolute atomic E-state index is 12.2. The van der Waals surface area contributed by atoms with Crippen LogP contribution in [-0.2, 0) is 0 Å². The van der Waals surface area contributed by atoms with Crippen LogP contribution in [0.1, 0.15) is 23.0 Å². The van der Waals surface area contributed by atoms with E-state index >= 15 is 0 Å². The second kappa shape index (κ2) is 7.73. The number of rotatable bonds is 4. The van der Waals surface area contributed by atoms with E-state index in [-0.39, 0.29) is 11.6 Å². The van der Waals surface area contributed by atoms with Gasteiger partial charge in [0.15, 0.2) is 11.5 Å². The van der Waals surface area contributed by atoms with E-state index in [1.807, 2.05) is 12.1 Å². The minimum Gasteiger partial charge on any atom is -0.353 e. The Balaban J connectivity index is 1.61. The van der Waals surface area contributed by atoms with Crippen molar-refractivity contribution in [2.24, 2.45) is 0 Å². The molecule has 0 radical (unpaired) electrons. The largest absolute Gasteiger partial charge is 0.353 e. The molecule has 1 saturated heterocycles. The van der Waals surface area contributed by atoms with Crippen LogP contribution in [0.4, 0.5) is 11.5 Å². The zero-order valence-electron chi connectivity index (χ0n) is 14.1. The number of nitrogens with one attached hydrogen (secondary N) is 1. The molecule has 128 valence electrons. The molecule has 1 fully saturated rings. The van der Waals surface area contributed by atoms with Gasteiger partial charge in [-0.05, 0) is 42.9 Å². The molecule has 0 saturated carbocycles. The summed E-state index contributed by atoms with van der Waals surface area (Å²) in [5.41, 5.74) is 1.43. The third-order valence-corrected chi connectivity index (χ3v) is 4.30. The van der Waals surface area contributed by atoms with Gasteiger partial charge in [-0.15, -0.1) is 10.2 Å². The first kappa shape index (κ1) is 16.9. The summed E-state index contributed by atoms with van der Waals surface area (Å²) in [6, 6.07) is 12.2. The number of hydrogen-bond acceptors (Lipinski definition) is 6. The molecule has 2 aromatic rings. The fraction of sp³-hybridized carbons (Fsp3) is 0.333. The van der Waals surface area contributed by atoms with Crippen molar-refractivity contribution in [1.82, 2.24) is 15.1 Å². The highest BCUT2D eigenvalue weighted by atomic mass is 16.1. The molecule has 3 rings (SSSR count). The Kier molecular flexibility index (Phi) is 5.21. The summed E-state index contributed by atoms with van der Waals surface area (Å²) in [4.78, 5) is 16.8. The molecule has 2 heterocycles. The van der Waals surface area contributed by atoms with Crippen molar-refractivity contribution in [3.05, 3.63) is 47.7 Å². The average molecular weight is 336 g/mol. The van der Waals surface area contributed by atoms with Crippen molar-refractivity contribution in [2.75, 3.05) is 42.9 Å². The number of carbonyl (C=O) groups is 1. The first-order chi connectivity index (χ1) is 12.2. The second-order valence-electron chi connectivity index (χ2n) is 5.84. The van der Waals surface area contributed by atoms with Crippen LogP contribution in [0.2, 0.25) is 0 Å².